The summed E-state index contributed by atoms with van der Waals surface area (Å²) in [5.41, 5.74) is 0. The first-order chi connectivity index (χ1) is 10.6. The van der Waals surface area contributed by atoms with Crippen molar-refractivity contribution in [3.05, 3.63) is 0 Å². The van der Waals surface area contributed by atoms with Crippen molar-refractivity contribution in [3.63, 3.8) is 0 Å². The third-order valence-electron chi connectivity index (χ3n) is 6.56. The van der Waals surface area contributed by atoms with Crippen molar-refractivity contribution in [1.82, 2.24) is 5.32 Å². The van der Waals surface area contributed by atoms with Crippen LogP contribution >= 0.6 is 0 Å². The average Bonchev–Trinajstić information content (AvgIpc) is 3.28. The van der Waals surface area contributed by atoms with E-state index in [0.717, 1.165) is 11.8 Å². The lowest BCUT2D eigenvalue weighted by Gasteiger charge is -2.53. The van der Waals surface area contributed by atoms with Gasteiger partial charge in [-0.3, -0.25) is 9.59 Å². The molecule has 5 aliphatic carbocycles. The number of hydrogen-bond acceptors (Lipinski definition) is 3. The van der Waals surface area contributed by atoms with Crippen LogP contribution in [0.15, 0.2) is 0 Å². The zero-order chi connectivity index (χ0) is 15.3. The Morgan fingerprint density at radius 1 is 1.05 bits per heavy atom. The molecule has 5 aliphatic rings. The first-order valence-corrected chi connectivity index (χ1v) is 9.06. The van der Waals surface area contributed by atoms with E-state index < -0.39 is 0 Å². The fraction of sp³-hybridized carbons (Fsp3) is 0.889. The van der Waals surface area contributed by atoms with Crippen LogP contribution in [0.1, 0.15) is 51.9 Å². The van der Waals surface area contributed by atoms with Gasteiger partial charge < -0.3 is 10.1 Å². The molecule has 0 spiro atoms. The molecule has 0 radical (unpaired) electrons. The Morgan fingerprint density at radius 3 is 2.18 bits per heavy atom. The summed E-state index contributed by atoms with van der Waals surface area (Å²) in [6.07, 6.45) is 8.62. The molecule has 1 atom stereocenters. The molecular weight excluding hydrogens is 278 g/mol. The summed E-state index contributed by atoms with van der Waals surface area (Å²) in [5.74, 6) is 3.21. The summed E-state index contributed by atoms with van der Waals surface area (Å²) < 4.78 is 5.38. The molecule has 0 aromatic rings. The van der Waals surface area contributed by atoms with Gasteiger partial charge in [0.25, 0.3) is 5.91 Å². The van der Waals surface area contributed by atoms with E-state index in [2.05, 4.69) is 5.32 Å². The van der Waals surface area contributed by atoms with Gasteiger partial charge >= 0.3 is 5.97 Å². The number of nitrogens with one attached hydrogen (secondary N) is 1. The fourth-order valence-corrected chi connectivity index (χ4v) is 5.55. The SMILES string of the molecule is C[C@H](NC(=O)COC(=O)C1C2CC3CC(C2)CC1C3)C1CC1. The van der Waals surface area contributed by atoms with E-state index in [1.165, 1.54) is 44.9 Å². The van der Waals surface area contributed by atoms with Crippen LogP contribution in [0.25, 0.3) is 0 Å². The summed E-state index contributed by atoms with van der Waals surface area (Å²) >= 11 is 0. The van der Waals surface area contributed by atoms with Crippen LogP contribution in [0.3, 0.4) is 0 Å². The van der Waals surface area contributed by atoms with Crippen molar-refractivity contribution in [2.45, 2.75) is 57.9 Å². The fourth-order valence-electron chi connectivity index (χ4n) is 5.55. The van der Waals surface area contributed by atoms with E-state index in [9.17, 15) is 9.59 Å². The Labute approximate surface area is 132 Å². The topological polar surface area (TPSA) is 55.4 Å². The predicted octanol–water partition coefficient (Wildman–Crippen LogP) is 2.52. The van der Waals surface area contributed by atoms with Crippen molar-refractivity contribution in [1.29, 1.82) is 0 Å². The number of esters is 1. The van der Waals surface area contributed by atoms with Crippen LogP contribution in [-0.4, -0.2) is 24.5 Å². The Balaban J connectivity index is 1.28. The summed E-state index contributed by atoms with van der Waals surface area (Å²) in [6.45, 7) is 1.94. The van der Waals surface area contributed by atoms with Gasteiger partial charge in [-0.05, 0) is 81.5 Å². The minimum atomic E-state index is -0.142. The van der Waals surface area contributed by atoms with Crippen molar-refractivity contribution < 1.29 is 14.3 Å². The molecule has 1 N–H and O–H groups in total. The van der Waals surface area contributed by atoms with E-state index >= 15 is 0 Å². The predicted molar refractivity (Wildman–Crippen MR) is 81.8 cm³/mol. The van der Waals surface area contributed by atoms with Crippen LogP contribution in [0, 0.1) is 35.5 Å². The number of amides is 1. The van der Waals surface area contributed by atoms with Gasteiger partial charge in [0.1, 0.15) is 0 Å². The van der Waals surface area contributed by atoms with E-state index in [4.69, 9.17) is 4.74 Å². The molecular formula is C18H27NO3. The van der Waals surface area contributed by atoms with Gasteiger partial charge in [0, 0.05) is 6.04 Å². The zero-order valence-electron chi connectivity index (χ0n) is 13.4. The maximum atomic E-state index is 12.5. The van der Waals surface area contributed by atoms with E-state index in [-0.39, 0.29) is 30.4 Å². The van der Waals surface area contributed by atoms with Gasteiger partial charge in [0.05, 0.1) is 5.92 Å². The first-order valence-electron chi connectivity index (χ1n) is 9.06. The number of carbonyl (C=O) groups excluding carboxylic acids is 2. The van der Waals surface area contributed by atoms with Gasteiger partial charge in [-0.1, -0.05) is 0 Å². The minimum absolute atomic E-state index is 0.0708. The molecule has 5 saturated carbocycles. The van der Waals surface area contributed by atoms with Crippen molar-refractivity contribution in [2.24, 2.45) is 35.5 Å². The lowest BCUT2D eigenvalue weighted by atomic mass is 9.52. The third-order valence-corrected chi connectivity index (χ3v) is 6.56. The Kier molecular flexibility index (Phi) is 3.66. The highest BCUT2D eigenvalue weighted by molar-refractivity contribution is 5.81. The van der Waals surface area contributed by atoms with Crippen LogP contribution in [-0.2, 0) is 14.3 Å². The van der Waals surface area contributed by atoms with Gasteiger partial charge in [-0.15, -0.1) is 0 Å². The third kappa shape index (κ3) is 2.77. The van der Waals surface area contributed by atoms with Crippen LogP contribution < -0.4 is 5.32 Å². The lowest BCUT2D eigenvalue weighted by Crippen LogP contribution is -2.49. The number of rotatable bonds is 5. The number of carbonyl (C=O) groups is 2. The molecule has 4 bridgehead atoms. The molecule has 0 aliphatic heterocycles. The van der Waals surface area contributed by atoms with Crippen LogP contribution in [0.5, 0.6) is 0 Å². The Morgan fingerprint density at radius 2 is 1.64 bits per heavy atom. The summed E-state index contributed by atoms with van der Waals surface area (Å²) in [5, 5.41) is 2.95. The van der Waals surface area contributed by atoms with Gasteiger partial charge in [-0.2, -0.15) is 0 Å². The second kappa shape index (κ2) is 5.54. The first kappa shape index (κ1) is 14.5. The van der Waals surface area contributed by atoms with Crippen LogP contribution in [0.2, 0.25) is 0 Å². The molecule has 0 aromatic carbocycles. The molecule has 4 heteroatoms. The normalized spacial score (nSPS) is 40.3. The molecule has 5 fully saturated rings. The lowest BCUT2D eigenvalue weighted by molar-refractivity contribution is -0.165. The summed E-state index contributed by atoms with van der Waals surface area (Å²) in [7, 11) is 0. The molecule has 122 valence electrons. The smallest absolute Gasteiger partial charge is 0.310 e. The average molecular weight is 305 g/mol. The molecule has 0 unspecified atom stereocenters. The highest BCUT2D eigenvalue weighted by Crippen LogP contribution is 2.56. The number of ether oxygens (including phenoxy) is 1. The zero-order valence-corrected chi connectivity index (χ0v) is 13.4. The summed E-state index contributed by atoms with van der Waals surface area (Å²) in [6, 6.07) is 0.215. The highest BCUT2D eigenvalue weighted by atomic mass is 16.5. The van der Waals surface area contributed by atoms with Gasteiger partial charge in [0.15, 0.2) is 6.61 Å². The second-order valence-electron chi connectivity index (χ2n) is 8.26. The van der Waals surface area contributed by atoms with E-state index in [1.807, 2.05) is 6.92 Å². The molecule has 22 heavy (non-hydrogen) atoms. The van der Waals surface area contributed by atoms with Crippen molar-refractivity contribution in [3.8, 4) is 0 Å². The highest BCUT2D eigenvalue weighted by Gasteiger charge is 2.51. The standard InChI is InChI=1S/C18H27NO3/c1-10(13-2-3-13)19-16(20)9-22-18(21)17-14-5-11-4-12(7-14)8-15(17)6-11/h10-15,17H,2-9H2,1H3,(H,19,20)/t10-,11?,12?,14?,15?,17?/m0/s1. The van der Waals surface area contributed by atoms with Crippen LogP contribution in [0.4, 0.5) is 0 Å². The van der Waals surface area contributed by atoms with E-state index in [1.54, 1.807) is 0 Å². The largest absolute Gasteiger partial charge is 0.455 e. The second-order valence-corrected chi connectivity index (χ2v) is 8.26. The minimum Gasteiger partial charge on any atom is -0.455 e. The summed E-state index contributed by atoms with van der Waals surface area (Å²) in [4.78, 5) is 24.4. The Bertz CT molecular complexity index is 443. The Hall–Kier alpha value is -1.06. The van der Waals surface area contributed by atoms with E-state index in [0.29, 0.717) is 17.8 Å². The maximum absolute atomic E-state index is 12.5. The molecule has 4 nitrogen and oxygen atoms in total. The number of hydrogen-bond donors (Lipinski definition) is 1. The molecule has 0 aromatic heterocycles. The van der Waals surface area contributed by atoms with Crippen molar-refractivity contribution in [2.75, 3.05) is 6.61 Å². The van der Waals surface area contributed by atoms with Gasteiger partial charge in [-0.25, -0.2) is 0 Å². The van der Waals surface area contributed by atoms with Crippen molar-refractivity contribution >= 4 is 11.9 Å². The van der Waals surface area contributed by atoms with Gasteiger partial charge in [0.2, 0.25) is 0 Å². The molecule has 0 saturated heterocycles. The molecule has 1 amide bonds. The monoisotopic (exact) mass is 305 g/mol. The quantitative estimate of drug-likeness (QED) is 0.794. The molecule has 0 heterocycles. The molecule has 5 rings (SSSR count). The maximum Gasteiger partial charge on any atom is 0.310 e.